The number of aliphatic hydroxyl groups is 1. The molecule has 0 fully saturated rings. The summed E-state index contributed by atoms with van der Waals surface area (Å²) < 4.78 is 0. The number of ketones is 1. The van der Waals surface area contributed by atoms with Crippen LogP contribution in [-0.2, 0) is 4.79 Å². The van der Waals surface area contributed by atoms with E-state index in [1.54, 1.807) is 0 Å². The van der Waals surface area contributed by atoms with Crippen molar-refractivity contribution in [1.29, 1.82) is 0 Å². The average molecular weight is 214 g/mol. The predicted octanol–water partition coefficient (Wildman–Crippen LogP) is 3.47. The first-order valence-electron chi connectivity index (χ1n) is 6.34. The van der Waals surface area contributed by atoms with E-state index in [0.717, 1.165) is 12.8 Å². The number of aliphatic hydroxyl groups excluding tert-OH is 1. The van der Waals surface area contributed by atoms with E-state index < -0.39 is 6.10 Å². The van der Waals surface area contributed by atoms with Crippen molar-refractivity contribution in [3.05, 3.63) is 0 Å². The lowest BCUT2D eigenvalue weighted by molar-refractivity contribution is -0.118. The molecule has 1 atom stereocenters. The molecule has 1 unspecified atom stereocenters. The van der Waals surface area contributed by atoms with E-state index in [-0.39, 0.29) is 5.78 Å². The number of carbonyl (C=O) groups is 1. The van der Waals surface area contributed by atoms with Crippen molar-refractivity contribution >= 4 is 5.78 Å². The Morgan fingerprint density at radius 3 is 2.13 bits per heavy atom. The quantitative estimate of drug-likeness (QED) is 0.565. The lowest BCUT2D eigenvalue weighted by atomic mass is 10.0. The summed E-state index contributed by atoms with van der Waals surface area (Å²) >= 11 is 0. The van der Waals surface area contributed by atoms with E-state index in [0.29, 0.717) is 6.42 Å². The van der Waals surface area contributed by atoms with E-state index in [1.165, 1.54) is 45.4 Å². The third-order valence-corrected chi connectivity index (χ3v) is 2.66. The van der Waals surface area contributed by atoms with Gasteiger partial charge in [-0.2, -0.15) is 0 Å². The summed E-state index contributed by atoms with van der Waals surface area (Å²) in [4.78, 5) is 10.7. The molecule has 0 amide bonds. The Balaban J connectivity index is 3.13. The number of hydrogen-bond donors (Lipinski definition) is 1. The number of Topliss-reactive ketones (excluding diaryl/α,β-unsaturated/α-hetero) is 1. The Labute approximate surface area is 94.1 Å². The van der Waals surface area contributed by atoms with E-state index >= 15 is 0 Å². The van der Waals surface area contributed by atoms with E-state index in [1.807, 2.05) is 0 Å². The number of carbonyl (C=O) groups excluding carboxylic acids is 1. The molecule has 0 saturated heterocycles. The first kappa shape index (κ1) is 14.6. The van der Waals surface area contributed by atoms with Gasteiger partial charge in [-0.15, -0.1) is 0 Å². The van der Waals surface area contributed by atoms with Gasteiger partial charge in [0, 0.05) is 6.42 Å². The van der Waals surface area contributed by atoms with Gasteiger partial charge in [-0.1, -0.05) is 51.9 Å². The van der Waals surface area contributed by atoms with Gasteiger partial charge in [0.15, 0.2) is 0 Å². The normalized spacial score (nSPS) is 12.7. The molecule has 0 bridgehead atoms. The zero-order chi connectivity index (χ0) is 11.5. The van der Waals surface area contributed by atoms with Gasteiger partial charge in [-0.25, -0.2) is 0 Å². The average Bonchev–Trinajstić information content (AvgIpc) is 2.15. The van der Waals surface area contributed by atoms with Gasteiger partial charge in [0.2, 0.25) is 0 Å². The molecule has 1 N–H and O–H groups in total. The molecule has 0 saturated carbocycles. The Morgan fingerprint density at radius 1 is 1.07 bits per heavy atom. The van der Waals surface area contributed by atoms with Crippen molar-refractivity contribution in [3.63, 3.8) is 0 Å². The lowest BCUT2D eigenvalue weighted by Gasteiger charge is -2.07. The van der Waals surface area contributed by atoms with Crippen LogP contribution in [0.2, 0.25) is 0 Å². The molecule has 0 radical (unpaired) electrons. The first-order chi connectivity index (χ1) is 7.16. The minimum Gasteiger partial charge on any atom is -0.393 e. The molecule has 0 aromatic rings. The van der Waals surface area contributed by atoms with Crippen LogP contribution in [0.3, 0.4) is 0 Å². The maximum atomic E-state index is 10.7. The van der Waals surface area contributed by atoms with Crippen LogP contribution in [0.25, 0.3) is 0 Å². The Morgan fingerprint density at radius 2 is 1.60 bits per heavy atom. The van der Waals surface area contributed by atoms with Crippen LogP contribution in [0.5, 0.6) is 0 Å². The monoisotopic (exact) mass is 214 g/mol. The topological polar surface area (TPSA) is 37.3 Å². The van der Waals surface area contributed by atoms with Gasteiger partial charge < -0.3 is 5.11 Å². The predicted molar refractivity (Wildman–Crippen MR) is 63.9 cm³/mol. The molecule has 15 heavy (non-hydrogen) atoms. The summed E-state index contributed by atoms with van der Waals surface area (Å²) in [5.74, 6) is 0.0884. The number of rotatable bonds is 10. The zero-order valence-corrected chi connectivity index (χ0v) is 10.3. The molecule has 0 aliphatic heterocycles. The third-order valence-electron chi connectivity index (χ3n) is 2.66. The van der Waals surface area contributed by atoms with Crippen LogP contribution in [0, 0.1) is 0 Å². The molecule has 0 aromatic heterocycles. The summed E-state index contributed by atoms with van der Waals surface area (Å²) in [7, 11) is 0. The highest BCUT2D eigenvalue weighted by molar-refractivity contribution is 5.75. The van der Waals surface area contributed by atoms with Crippen molar-refractivity contribution in [3.8, 4) is 0 Å². The molecule has 0 heterocycles. The summed E-state index contributed by atoms with van der Waals surface area (Å²) in [5.41, 5.74) is 0. The molecular formula is C13H26O2. The van der Waals surface area contributed by atoms with E-state index in [4.69, 9.17) is 0 Å². The summed E-state index contributed by atoms with van der Waals surface area (Å²) in [6, 6.07) is 0. The van der Waals surface area contributed by atoms with Crippen LogP contribution in [0.4, 0.5) is 0 Å². The number of hydrogen-bond acceptors (Lipinski definition) is 2. The Bertz CT molecular complexity index is 155. The standard InChI is InChI=1S/C13H26O2/c1-3-4-5-6-7-8-9-10-13(15)11-12(2)14/h13,15H,3-11H2,1-2H3. The minimum absolute atomic E-state index is 0.0884. The molecule has 90 valence electrons. The Hall–Kier alpha value is -0.370. The van der Waals surface area contributed by atoms with E-state index in [2.05, 4.69) is 6.92 Å². The molecule has 0 rings (SSSR count). The van der Waals surface area contributed by atoms with Crippen LogP contribution >= 0.6 is 0 Å². The van der Waals surface area contributed by atoms with Crippen LogP contribution in [0.15, 0.2) is 0 Å². The second kappa shape index (κ2) is 10.2. The van der Waals surface area contributed by atoms with Crippen molar-refractivity contribution < 1.29 is 9.90 Å². The lowest BCUT2D eigenvalue weighted by Crippen LogP contribution is -2.10. The van der Waals surface area contributed by atoms with Gasteiger partial charge in [-0.05, 0) is 13.3 Å². The second-order valence-electron chi connectivity index (χ2n) is 4.47. The van der Waals surface area contributed by atoms with Gasteiger partial charge >= 0.3 is 0 Å². The van der Waals surface area contributed by atoms with Gasteiger partial charge in [0.25, 0.3) is 0 Å². The fourth-order valence-corrected chi connectivity index (χ4v) is 1.77. The highest BCUT2D eigenvalue weighted by atomic mass is 16.3. The third kappa shape index (κ3) is 11.6. The van der Waals surface area contributed by atoms with Crippen molar-refractivity contribution in [2.45, 2.75) is 77.7 Å². The zero-order valence-electron chi connectivity index (χ0n) is 10.3. The minimum atomic E-state index is -0.404. The SMILES string of the molecule is CCCCCCCCCC(O)CC(C)=O. The van der Waals surface area contributed by atoms with Crippen molar-refractivity contribution in [2.24, 2.45) is 0 Å². The molecule has 2 nitrogen and oxygen atoms in total. The van der Waals surface area contributed by atoms with Gasteiger partial charge in [-0.3, -0.25) is 4.79 Å². The maximum Gasteiger partial charge on any atom is 0.132 e. The Kier molecular flexibility index (Phi) is 9.91. The molecular weight excluding hydrogens is 188 g/mol. The van der Waals surface area contributed by atoms with Gasteiger partial charge in [0.1, 0.15) is 5.78 Å². The maximum absolute atomic E-state index is 10.7. The molecule has 0 aromatic carbocycles. The first-order valence-corrected chi connectivity index (χ1v) is 6.34. The highest BCUT2D eigenvalue weighted by Gasteiger charge is 2.06. The van der Waals surface area contributed by atoms with Gasteiger partial charge in [0.05, 0.1) is 6.10 Å². The van der Waals surface area contributed by atoms with Crippen LogP contribution in [-0.4, -0.2) is 17.0 Å². The van der Waals surface area contributed by atoms with E-state index in [9.17, 15) is 9.90 Å². The van der Waals surface area contributed by atoms with Crippen molar-refractivity contribution in [1.82, 2.24) is 0 Å². The molecule has 0 aliphatic rings. The van der Waals surface area contributed by atoms with Crippen molar-refractivity contribution in [2.75, 3.05) is 0 Å². The largest absolute Gasteiger partial charge is 0.393 e. The smallest absolute Gasteiger partial charge is 0.132 e. The highest BCUT2D eigenvalue weighted by Crippen LogP contribution is 2.10. The fraction of sp³-hybridized carbons (Fsp3) is 0.923. The van der Waals surface area contributed by atoms with Crippen LogP contribution < -0.4 is 0 Å². The molecule has 2 heteroatoms. The fourth-order valence-electron chi connectivity index (χ4n) is 1.77. The number of unbranched alkanes of at least 4 members (excludes halogenated alkanes) is 6. The molecule has 0 aliphatic carbocycles. The summed E-state index contributed by atoms with van der Waals surface area (Å²) in [6.07, 6.45) is 9.51. The summed E-state index contributed by atoms with van der Waals surface area (Å²) in [6.45, 7) is 3.76. The summed E-state index contributed by atoms with van der Waals surface area (Å²) in [5, 5.41) is 9.44. The van der Waals surface area contributed by atoms with Crippen LogP contribution in [0.1, 0.15) is 71.6 Å². The molecule has 0 spiro atoms. The second-order valence-corrected chi connectivity index (χ2v) is 4.47.